The molecule has 35 heavy (non-hydrogen) atoms. The zero-order chi connectivity index (χ0) is 26.4. The van der Waals surface area contributed by atoms with Crippen molar-refractivity contribution in [2.75, 3.05) is 6.61 Å². The molecular formula is C24H34F6O5. The van der Waals surface area contributed by atoms with Gasteiger partial charge >= 0.3 is 24.3 Å². The number of hydrogen-bond acceptors (Lipinski definition) is 5. The van der Waals surface area contributed by atoms with Crippen LogP contribution in [0.15, 0.2) is 12.2 Å². The fourth-order valence-electron chi connectivity index (χ4n) is 5.18. The van der Waals surface area contributed by atoms with Crippen molar-refractivity contribution in [1.82, 2.24) is 0 Å². The Kier molecular flexibility index (Phi) is 10.1. The zero-order valence-electron chi connectivity index (χ0n) is 19.8. The van der Waals surface area contributed by atoms with Gasteiger partial charge in [0.1, 0.15) is 6.10 Å². The molecule has 4 unspecified atom stereocenters. The van der Waals surface area contributed by atoms with E-state index in [4.69, 9.17) is 14.6 Å². The van der Waals surface area contributed by atoms with E-state index < -0.39 is 36.8 Å². The quantitative estimate of drug-likeness (QED) is 0.166. The lowest BCUT2D eigenvalue weighted by atomic mass is 9.64. The number of ether oxygens (including phenoxy) is 2. The predicted octanol–water partition coefficient (Wildman–Crippen LogP) is 6.04. The number of carbonyl (C=O) groups excluding carboxylic acids is 2. The molecule has 2 aliphatic rings. The van der Waals surface area contributed by atoms with E-state index in [0.717, 1.165) is 32.1 Å². The number of carbonyl (C=O) groups is 2. The highest BCUT2D eigenvalue weighted by molar-refractivity contribution is 5.87. The first-order chi connectivity index (χ1) is 16.2. The third-order valence-electron chi connectivity index (χ3n) is 7.15. The van der Waals surface area contributed by atoms with Gasteiger partial charge in [-0.3, -0.25) is 4.79 Å². The fraction of sp³-hybridized carbons (Fsp3) is 0.833. The normalized spacial score (nSPS) is 25.5. The van der Waals surface area contributed by atoms with Gasteiger partial charge in [-0.15, -0.1) is 0 Å². The van der Waals surface area contributed by atoms with Gasteiger partial charge in [0.25, 0.3) is 5.60 Å². The molecule has 2 aliphatic carbocycles. The lowest BCUT2D eigenvalue weighted by Crippen LogP contribution is -2.56. The molecule has 0 aromatic rings. The first-order valence-electron chi connectivity index (χ1n) is 12.1. The summed E-state index contributed by atoms with van der Waals surface area (Å²) in [6, 6.07) is 0. The number of aliphatic hydroxyl groups is 1. The van der Waals surface area contributed by atoms with Gasteiger partial charge in [0, 0.05) is 5.57 Å². The van der Waals surface area contributed by atoms with Crippen molar-refractivity contribution in [2.45, 2.75) is 102 Å². The van der Waals surface area contributed by atoms with Crippen molar-refractivity contribution >= 4 is 11.9 Å². The molecule has 0 saturated heterocycles. The number of halogens is 6. The maximum Gasteiger partial charge on any atom is 0.426 e. The Balaban J connectivity index is 1.76. The molecule has 0 bridgehead atoms. The molecule has 0 spiro atoms. The third-order valence-corrected chi connectivity index (χ3v) is 7.15. The molecular weight excluding hydrogens is 482 g/mol. The number of fused-ring (bicyclic) bond motifs is 1. The summed E-state index contributed by atoms with van der Waals surface area (Å²) in [4.78, 5) is 24.7. The van der Waals surface area contributed by atoms with Gasteiger partial charge in [-0.2, -0.15) is 26.3 Å². The average molecular weight is 517 g/mol. The van der Waals surface area contributed by atoms with E-state index in [0.29, 0.717) is 18.4 Å². The van der Waals surface area contributed by atoms with Crippen LogP contribution in [0.1, 0.15) is 77.6 Å². The number of rotatable bonds is 10. The minimum atomic E-state index is -5.81. The molecule has 0 amide bonds. The summed E-state index contributed by atoms with van der Waals surface area (Å²) < 4.78 is 87.1. The molecule has 0 radical (unpaired) electrons. The molecule has 11 heteroatoms. The summed E-state index contributed by atoms with van der Waals surface area (Å²) in [5.41, 5.74) is -4.40. The Morgan fingerprint density at radius 1 is 0.886 bits per heavy atom. The van der Waals surface area contributed by atoms with Crippen LogP contribution < -0.4 is 0 Å². The summed E-state index contributed by atoms with van der Waals surface area (Å²) in [5.74, 6) is -1.03. The van der Waals surface area contributed by atoms with Crippen LogP contribution in [0.2, 0.25) is 0 Å². The molecule has 4 atom stereocenters. The van der Waals surface area contributed by atoms with Crippen molar-refractivity contribution in [3.8, 4) is 0 Å². The van der Waals surface area contributed by atoms with Crippen LogP contribution in [-0.2, 0) is 19.1 Å². The largest absolute Gasteiger partial charge is 0.465 e. The first kappa shape index (κ1) is 29.5. The van der Waals surface area contributed by atoms with Crippen LogP contribution in [0, 0.1) is 17.8 Å². The van der Waals surface area contributed by atoms with Crippen LogP contribution in [0.25, 0.3) is 0 Å². The van der Waals surface area contributed by atoms with E-state index in [1.165, 1.54) is 0 Å². The standard InChI is InChI=1S/C24H34F6O5/c1-15(2)20(31)35-19-12-8-9-16-17(19)10-7-11-18(16)21(32)34-14-6-4-3-5-13-22(33,23(25,26)27)24(28,29)30/h16-19,33H,1,3-14H2,2H3. The van der Waals surface area contributed by atoms with Crippen LogP contribution >= 0.6 is 0 Å². The number of unbranched alkanes of at least 4 members (excludes halogenated alkanes) is 3. The molecule has 2 rings (SSSR count). The van der Waals surface area contributed by atoms with Crippen LogP contribution in [0.3, 0.4) is 0 Å². The molecule has 2 saturated carbocycles. The highest BCUT2D eigenvalue weighted by Crippen LogP contribution is 2.47. The van der Waals surface area contributed by atoms with Gasteiger partial charge in [0.05, 0.1) is 12.5 Å². The van der Waals surface area contributed by atoms with Crippen molar-refractivity contribution < 1.29 is 50.5 Å². The summed E-state index contributed by atoms with van der Waals surface area (Å²) >= 11 is 0. The SMILES string of the molecule is C=C(C)C(=O)OC1CCCC2C(C(=O)OCCCCCCC(O)(C(F)(F)F)C(F)(F)F)CCCC12. The molecule has 0 aromatic heterocycles. The van der Waals surface area contributed by atoms with Crippen molar-refractivity contribution in [2.24, 2.45) is 17.8 Å². The molecule has 1 N–H and O–H groups in total. The monoisotopic (exact) mass is 516 g/mol. The van der Waals surface area contributed by atoms with Gasteiger partial charge in [-0.1, -0.05) is 25.8 Å². The average Bonchev–Trinajstić information content (AvgIpc) is 2.76. The second kappa shape index (κ2) is 12.0. The summed E-state index contributed by atoms with van der Waals surface area (Å²) in [6.45, 7) is 5.20. The van der Waals surface area contributed by atoms with Gasteiger partial charge in [0.2, 0.25) is 0 Å². The summed E-state index contributed by atoms with van der Waals surface area (Å²) in [7, 11) is 0. The molecule has 0 heterocycles. The Morgan fingerprint density at radius 3 is 2.06 bits per heavy atom. The van der Waals surface area contributed by atoms with Crippen LogP contribution in [-0.4, -0.2) is 47.7 Å². The molecule has 0 aliphatic heterocycles. The summed E-state index contributed by atoms with van der Waals surface area (Å²) in [5, 5.41) is 9.14. The maximum atomic E-state index is 12.7. The first-order valence-corrected chi connectivity index (χ1v) is 12.1. The second-order valence-electron chi connectivity index (χ2n) is 9.71. The number of alkyl halides is 6. The Hall–Kier alpha value is -1.78. The Morgan fingerprint density at radius 2 is 1.46 bits per heavy atom. The van der Waals surface area contributed by atoms with E-state index in [1.54, 1.807) is 6.92 Å². The maximum absolute atomic E-state index is 12.7. The number of hydrogen-bond donors (Lipinski definition) is 1. The molecule has 5 nitrogen and oxygen atoms in total. The van der Waals surface area contributed by atoms with E-state index >= 15 is 0 Å². The second-order valence-corrected chi connectivity index (χ2v) is 9.71. The summed E-state index contributed by atoms with van der Waals surface area (Å²) in [6.07, 6.45) is -8.55. The molecule has 202 valence electrons. The van der Waals surface area contributed by atoms with Crippen molar-refractivity contribution in [1.29, 1.82) is 0 Å². The predicted molar refractivity (Wildman–Crippen MR) is 114 cm³/mol. The van der Waals surface area contributed by atoms with Gasteiger partial charge < -0.3 is 14.6 Å². The Labute approximate surface area is 201 Å². The lowest BCUT2D eigenvalue weighted by Gasteiger charge is -2.44. The van der Waals surface area contributed by atoms with E-state index in [-0.39, 0.29) is 49.3 Å². The molecule has 2 fully saturated rings. The highest BCUT2D eigenvalue weighted by Gasteiger charge is 2.69. The fourth-order valence-corrected chi connectivity index (χ4v) is 5.18. The highest BCUT2D eigenvalue weighted by atomic mass is 19.4. The molecule has 0 aromatic carbocycles. The minimum Gasteiger partial charge on any atom is -0.465 e. The topological polar surface area (TPSA) is 72.8 Å². The van der Waals surface area contributed by atoms with Crippen LogP contribution in [0.4, 0.5) is 26.3 Å². The van der Waals surface area contributed by atoms with Crippen molar-refractivity contribution in [3.63, 3.8) is 0 Å². The Bertz CT molecular complexity index is 734. The van der Waals surface area contributed by atoms with E-state index in [2.05, 4.69) is 6.58 Å². The smallest absolute Gasteiger partial charge is 0.426 e. The number of esters is 2. The van der Waals surface area contributed by atoms with Crippen molar-refractivity contribution in [3.05, 3.63) is 12.2 Å². The minimum absolute atomic E-state index is 0.0175. The van der Waals surface area contributed by atoms with Gasteiger partial charge in [0.15, 0.2) is 0 Å². The van der Waals surface area contributed by atoms with E-state index in [9.17, 15) is 35.9 Å². The van der Waals surface area contributed by atoms with Crippen LogP contribution in [0.5, 0.6) is 0 Å². The third kappa shape index (κ3) is 7.36. The van der Waals surface area contributed by atoms with E-state index in [1.807, 2.05) is 0 Å². The van der Waals surface area contributed by atoms with Gasteiger partial charge in [-0.25, -0.2) is 4.79 Å². The lowest BCUT2D eigenvalue weighted by molar-refractivity contribution is -0.370. The van der Waals surface area contributed by atoms with Gasteiger partial charge in [-0.05, 0) is 70.1 Å². The zero-order valence-corrected chi connectivity index (χ0v) is 19.8.